The number of aromatic nitrogens is 1. The van der Waals surface area contributed by atoms with Crippen LogP contribution in [0.1, 0.15) is 5.56 Å². The van der Waals surface area contributed by atoms with Gasteiger partial charge in [0.15, 0.2) is 0 Å². The van der Waals surface area contributed by atoms with Gasteiger partial charge in [0.2, 0.25) is 0 Å². The first-order valence-corrected chi connectivity index (χ1v) is 6.10. The number of nitrogens with one attached hydrogen (secondary N) is 1. The highest BCUT2D eigenvalue weighted by Crippen LogP contribution is 2.31. The molecular formula is C12H19F3N4O. The van der Waals surface area contributed by atoms with Crippen molar-refractivity contribution in [1.29, 1.82) is 0 Å². The molecule has 1 aromatic rings. The van der Waals surface area contributed by atoms with E-state index in [4.69, 9.17) is 10.5 Å². The smallest absolute Gasteiger partial charge is 0.384 e. The van der Waals surface area contributed by atoms with Crippen LogP contribution in [0.25, 0.3) is 0 Å². The molecule has 0 amide bonds. The highest BCUT2D eigenvalue weighted by atomic mass is 19.4. The molecule has 0 aliphatic rings. The first-order chi connectivity index (χ1) is 9.29. The number of ether oxygens (including phenoxy) is 1. The summed E-state index contributed by atoms with van der Waals surface area (Å²) in [6.45, 7) is 2.09. The monoisotopic (exact) mass is 292 g/mol. The quantitative estimate of drug-likeness (QED) is 0.749. The van der Waals surface area contributed by atoms with E-state index in [1.54, 1.807) is 0 Å². The van der Waals surface area contributed by atoms with Crippen LogP contribution >= 0.6 is 0 Å². The van der Waals surface area contributed by atoms with Gasteiger partial charge in [0.25, 0.3) is 0 Å². The molecule has 0 saturated carbocycles. The van der Waals surface area contributed by atoms with Crippen molar-refractivity contribution in [2.75, 3.05) is 51.4 Å². The molecule has 114 valence electrons. The topological polar surface area (TPSA) is 63.4 Å². The van der Waals surface area contributed by atoms with Crippen LogP contribution in [-0.2, 0) is 10.9 Å². The van der Waals surface area contributed by atoms with E-state index in [0.29, 0.717) is 19.8 Å². The Morgan fingerprint density at radius 1 is 1.30 bits per heavy atom. The van der Waals surface area contributed by atoms with Gasteiger partial charge < -0.3 is 20.7 Å². The van der Waals surface area contributed by atoms with Gasteiger partial charge in [-0.05, 0) is 26.2 Å². The van der Waals surface area contributed by atoms with Gasteiger partial charge in [-0.2, -0.15) is 13.2 Å². The van der Waals surface area contributed by atoms with E-state index in [0.717, 1.165) is 18.7 Å². The number of hydrogen-bond acceptors (Lipinski definition) is 5. The van der Waals surface area contributed by atoms with Gasteiger partial charge in [-0.3, -0.25) is 0 Å². The summed E-state index contributed by atoms with van der Waals surface area (Å²) in [5.41, 5.74) is 4.53. The molecule has 1 rings (SSSR count). The first kappa shape index (κ1) is 16.5. The zero-order chi connectivity index (χ0) is 15.2. The highest BCUT2D eigenvalue weighted by Gasteiger charge is 2.31. The maximum absolute atomic E-state index is 12.6. The summed E-state index contributed by atoms with van der Waals surface area (Å²) in [5, 5.41) is 2.76. The zero-order valence-corrected chi connectivity index (χ0v) is 11.5. The molecule has 1 aromatic heterocycles. The largest absolute Gasteiger partial charge is 0.416 e. The molecule has 0 aliphatic heterocycles. The molecule has 3 N–H and O–H groups in total. The molecule has 0 spiro atoms. The predicted molar refractivity (Wildman–Crippen MR) is 71.5 cm³/mol. The van der Waals surface area contributed by atoms with E-state index in [1.807, 2.05) is 19.0 Å². The number of rotatable bonds is 7. The Bertz CT molecular complexity index is 424. The summed E-state index contributed by atoms with van der Waals surface area (Å²) in [5.74, 6) is -0.0793. The number of hydrogen-bond donors (Lipinski definition) is 2. The molecule has 20 heavy (non-hydrogen) atoms. The minimum Gasteiger partial charge on any atom is -0.384 e. The second-order valence-corrected chi connectivity index (χ2v) is 4.51. The van der Waals surface area contributed by atoms with Crippen molar-refractivity contribution < 1.29 is 17.9 Å². The molecule has 5 nitrogen and oxygen atoms in total. The van der Waals surface area contributed by atoms with Gasteiger partial charge in [0.05, 0.1) is 18.8 Å². The summed E-state index contributed by atoms with van der Waals surface area (Å²) in [6, 6.07) is 1.73. The molecular weight excluding hydrogens is 273 g/mol. The third-order valence-corrected chi connectivity index (χ3v) is 2.41. The lowest BCUT2D eigenvalue weighted by Gasteiger charge is -2.12. The number of pyridine rings is 1. The van der Waals surface area contributed by atoms with E-state index in [-0.39, 0.29) is 11.6 Å². The second kappa shape index (κ2) is 7.30. The minimum atomic E-state index is -4.43. The molecule has 0 bridgehead atoms. The standard InChI is InChI=1S/C12H19F3N4O/c1-19(2)4-6-20-5-3-17-11-8-9(12(13,14)15)7-10(16)18-11/h7-8H,3-6H2,1-2H3,(H3,16,17,18). The van der Waals surface area contributed by atoms with Gasteiger partial charge in [-0.15, -0.1) is 0 Å². The highest BCUT2D eigenvalue weighted by molar-refractivity contribution is 5.47. The van der Waals surface area contributed by atoms with Crippen molar-refractivity contribution in [3.63, 3.8) is 0 Å². The molecule has 0 aliphatic carbocycles. The number of likely N-dealkylation sites (N-methyl/N-ethyl adjacent to an activating group) is 1. The Balaban J connectivity index is 2.42. The van der Waals surface area contributed by atoms with Crippen LogP contribution < -0.4 is 11.1 Å². The third kappa shape index (κ3) is 6.07. The summed E-state index contributed by atoms with van der Waals surface area (Å²) in [6.07, 6.45) is -4.43. The van der Waals surface area contributed by atoms with Crippen molar-refractivity contribution in [3.8, 4) is 0 Å². The molecule has 8 heteroatoms. The number of anilines is 2. The Kier molecular flexibility index (Phi) is 6.03. The van der Waals surface area contributed by atoms with Crippen molar-refractivity contribution in [2.24, 2.45) is 0 Å². The van der Waals surface area contributed by atoms with Crippen LogP contribution in [0.4, 0.5) is 24.8 Å². The van der Waals surface area contributed by atoms with Crippen molar-refractivity contribution in [3.05, 3.63) is 17.7 Å². The van der Waals surface area contributed by atoms with E-state index >= 15 is 0 Å². The molecule has 0 saturated heterocycles. The fourth-order valence-electron chi connectivity index (χ4n) is 1.41. The molecule has 0 atom stereocenters. The molecule has 0 radical (unpaired) electrons. The number of nitrogens with zero attached hydrogens (tertiary/aromatic N) is 2. The first-order valence-electron chi connectivity index (χ1n) is 6.10. The summed E-state index contributed by atoms with van der Waals surface area (Å²) in [7, 11) is 3.86. The van der Waals surface area contributed by atoms with Crippen LogP contribution in [-0.4, -0.2) is 50.3 Å². The zero-order valence-electron chi connectivity index (χ0n) is 11.5. The van der Waals surface area contributed by atoms with Gasteiger partial charge in [-0.25, -0.2) is 4.98 Å². The summed E-state index contributed by atoms with van der Waals surface area (Å²) in [4.78, 5) is 5.77. The predicted octanol–water partition coefficient (Wildman–Crippen LogP) is 1.67. The van der Waals surface area contributed by atoms with Crippen molar-refractivity contribution in [1.82, 2.24) is 9.88 Å². The third-order valence-electron chi connectivity index (χ3n) is 2.41. The second-order valence-electron chi connectivity index (χ2n) is 4.51. The SMILES string of the molecule is CN(C)CCOCCNc1cc(C(F)(F)F)cc(N)n1. The van der Waals surface area contributed by atoms with Crippen LogP contribution in [0.15, 0.2) is 12.1 Å². The van der Waals surface area contributed by atoms with Gasteiger partial charge >= 0.3 is 6.18 Å². The average molecular weight is 292 g/mol. The number of alkyl halides is 3. The van der Waals surface area contributed by atoms with Crippen molar-refractivity contribution in [2.45, 2.75) is 6.18 Å². The summed E-state index contributed by atoms with van der Waals surface area (Å²) < 4.78 is 43.0. The Morgan fingerprint density at radius 2 is 2.00 bits per heavy atom. The molecule has 0 unspecified atom stereocenters. The fourth-order valence-corrected chi connectivity index (χ4v) is 1.41. The normalized spacial score (nSPS) is 11.9. The van der Waals surface area contributed by atoms with E-state index < -0.39 is 11.7 Å². The van der Waals surface area contributed by atoms with Crippen LogP contribution in [0.3, 0.4) is 0 Å². The van der Waals surface area contributed by atoms with Gasteiger partial charge in [0.1, 0.15) is 11.6 Å². The fraction of sp³-hybridized carbons (Fsp3) is 0.583. The number of halogens is 3. The minimum absolute atomic E-state index is 0.0912. The maximum Gasteiger partial charge on any atom is 0.416 e. The number of nitrogen functional groups attached to an aromatic ring is 1. The Labute approximate surface area is 115 Å². The molecule has 0 fully saturated rings. The average Bonchev–Trinajstić information content (AvgIpc) is 2.31. The van der Waals surface area contributed by atoms with E-state index in [9.17, 15) is 13.2 Å². The van der Waals surface area contributed by atoms with Crippen molar-refractivity contribution >= 4 is 11.6 Å². The van der Waals surface area contributed by atoms with E-state index in [1.165, 1.54) is 0 Å². The summed E-state index contributed by atoms with van der Waals surface area (Å²) >= 11 is 0. The van der Waals surface area contributed by atoms with Gasteiger partial charge in [0, 0.05) is 13.1 Å². The van der Waals surface area contributed by atoms with E-state index in [2.05, 4.69) is 10.3 Å². The molecule has 1 heterocycles. The lowest BCUT2D eigenvalue weighted by molar-refractivity contribution is -0.137. The Hall–Kier alpha value is -1.54. The van der Waals surface area contributed by atoms with Gasteiger partial charge in [-0.1, -0.05) is 0 Å². The van der Waals surface area contributed by atoms with Crippen LogP contribution in [0.5, 0.6) is 0 Å². The van der Waals surface area contributed by atoms with Crippen LogP contribution in [0, 0.1) is 0 Å². The maximum atomic E-state index is 12.6. The Morgan fingerprint density at radius 3 is 2.60 bits per heavy atom. The van der Waals surface area contributed by atoms with Crippen LogP contribution in [0.2, 0.25) is 0 Å². The lowest BCUT2D eigenvalue weighted by Crippen LogP contribution is -2.20. The lowest BCUT2D eigenvalue weighted by atomic mass is 10.2. The molecule has 0 aromatic carbocycles. The number of nitrogens with two attached hydrogens (primary N) is 1.